The molecule has 1 N–H and O–H groups in total. The van der Waals surface area contributed by atoms with Crippen molar-refractivity contribution in [3.63, 3.8) is 0 Å². The number of amides is 1. The van der Waals surface area contributed by atoms with Crippen LogP contribution < -0.4 is 0 Å². The number of sulfonamides is 1. The van der Waals surface area contributed by atoms with Gasteiger partial charge in [-0.15, -0.1) is 0 Å². The Hall–Kier alpha value is -0.700. The summed E-state index contributed by atoms with van der Waals surface area (Å²) in [7, 11) is -1.69. The number of ether oxygens (including phenoxy) is 1. The van der Waals surface area contributed by atoms with E-state index in [1.54, 1.807) is 11.9 Å². The molecule has 1 heterocycles. The van der Waals surface area contributed by atoms with Gasteiger partial charge in [0, 0.05) is 33.1 Å². The van der Waals surface area contributed by atoms with Gasteiger partial charge in [0.15, 0.2) is 0 Å². The van der Waals surface area contributed by atoms with Gasteiger partial charge in [0.2, 0.25) is 15.9 Å². The van der Waals surface area contributed by atoms with Gasteiger partial charge in [-0.1, -0.05) is 0 Å². The number of carbonyl (C=O) groups is 1. The number of hydrogen-bond acceptors (Lipinski definition) is 5. The lowest BCUT2D eigenvalue weighted by Crippen LogP contribution is -2.43. The molecule has 0 bridgehead atoms. The quantitative estimate of drug-likeness (QED) is 0.697. The molecule has 122 valence electrons. The number of carbonyl (C=O) groups excluding carboxylic acids is 1. The fraction of sp³-hybridized carbons (Fsp3) is 0.923. The molecule has 1 saturated carbocycles. The van der Waals surface area contributed by atoms with E-state index in [0.717, 1.165) is 12.8 Å². The maximum Gasteiger partial charge on any atom is 0.223 e. The molecule has 1 amide bonds. The van der Waals surface area contributed by atoms with Crippen molar-refractivity contribution in [1.82, 2.24) is 9.21 Å². The fourth-order valence-corrected chi connectivity index (χ4v) is 4.10. The lowest BCUT2D eigenvalue weighted by atomic mass is 9.82. The summed E-state index contributed by atoms with van der Waals surface area (Å²) in [6, 6.07) is 0. The Morgan fingerprint density at radius 2 is 1.95 bits per heavy atom. The molecule has 0 aromatic heterocycles. The molecule has 2 rings (SSSR count). The highest BCUT2D eigenvalue weighted by Crippen LogP contribution is 2.27. The Morgan fingerprint density at radius 3 is 2.52 bits per heavy atom. The molecule has 1 saturated heterocycles. The lowest BCUT2D eigenvalue weighted by molar-refractivity contribution is -0.131. The van der Waals surface area contributed by atoms with E-state index in [-0.39, 0.29) is 24.2 Å². The SMILES string of the molecule is CN(CC1CC(O)C1)C(=O)CCS(=O)(=O)N1CCOCC1. The first-order valence-corrected chi connectivity index (χ1v) is 8.97. The molecule has 0 aromatic carbocycles. The Labute approximate surface area is 125 Å². The molecular weight excluding hydrogens is 296 g/mol. The monoisotopic (exact) mass is 320 g/mol. The summed E-state index contributed by atoms with van der Waals surface area (Å²) in [4.78, 5) is 13.6. The number of aliphatic hydroxyl groups excluding tert-OH is 1. The van der Waals surface area contributed by atoms with Crippen LogP contribution >= 0.6 is 0 Å². The largest absolute Gasteiger partial charge is 0.393 e. The molecule has 7 nitrogen and oxygen atoms in total. The zero-order valence-electron chi connectivity index (χ0n) is 12.4. The van der Waals surface area contributed by atoms with Crippen molar-refractivity contribution in [3.05, 3.63) is 0 Å². The minimum Gasteiger partial charge on any atom is -0.393 e. The van der Waals surface area contributed by atoms with E-state index < -0.39 is 10.0 Å². The summed E-state index contributed by atoms with van der Waals surface area (Å²) in [6.07, 6.45) is 1.22. The van der Waals surface area contributed by atoms with Crippen LogP contribution in [0.1, 0.15) is 19.3 Å². The Kier molecular flexibility index (Phi) is 5.59. The van der Waals surface area contributed by atoms with Crippen LogP contribution in [0.3, 0.4) is 0 Å². The van der Waals surface area contributed by atoms with Gasteiger partial charge >= 0.3 is 0 Å². The van der Waals surface area contributed by atoms with Gasteiger partial charge in [-0.2, -0.15) is 4.31 Å². The van der Waals surface area contributed by atoms with Crippen LogP contribution in [0, 0.1) is 5.92 Å². The molecule has 21 heavy (non-hydrogen) atoms. The van der Waals surface area contributed by atoms with E-state index in [0.29, 0.717) is 38.8 Å². The summed E-state index contributed by atoms with van der Waals surface area (Å²) in [6.45, 7) is 2.15. The van der Waals surface area contributed by atoms with Gasteiger partial charge in [0.25, 0.3) is 0 Å². The topological polar surface area (TPSA) is 87.2 Å². The van der Waals surface area contributed by atoms with Crippen LogP contribution in [-0.4, -0.2) is 80.4 Å². The van der Waals surface area contributed by atoms with Crippen LogP contribution in [0.4, 0.5) is 0 Å². The zero-order valence-corrected chi connectivity index (χ0v) is 13.2. The molecule has 1 aliphatic heterocycles. The first-order valence-electron chi connectivity index (χ1n) is 7.36. The first-order chi connectivity index (χ1) is 9.88. The van der Waals surface area contributed by atoms with Crippen molar-refractivity contribution in [2.45, 2.75) is 25.4 Å². The zero-order chi connectivity index (χ0) is 15.5. The van der Waals surface area contributed by atoms with Crippen LogP contribution in [-0.2, 0) is 19.6 Å². The van der Waals surface area contributed by atoms with Gasteiger partial charge in [-0.3, -0.25) is 4.79 Å². The standard InChI is InChI=1S/C13H24N2O5S/c1-14(10-11-8-12(16)9-11)13(17)2-7-21(18,19)15-3-5-20-6-4-15/h11-12,16H,2-10H2,1H3. The number of nitrogens with zero attached hydrogens (tertiary/aromatic N) is 2. The third kappa shape index (κ3) is 4.64. The second kappa shape index (κ2) is 7.04. The van der Waals surface area contributed by atoms with E-state index in [1.165, 1.54) is 4.31 Å². The summed E-state index contributed by atoms with van der Waals surface area (Å²) < 4.78 is 30.7. The molecule has 0 atom stereocenters. The maximum absolute atomic E-state index is 12.1. The van der Waals surface area contributed by atoms with Crippen molar-refractivity contribution >= 4 is 15.9 Å². The fourth-order valence-electron chi connectivity index (χ4n) is 2.70. The van der Waals surface area contributed by atoms with Crippen molar-refractivity contribution in [2.75, 3.05) is 45.6 Å². The lowest BCUT2D eigenvalue weighted by Gasteiger charge is -2.34. The highest BCUT2D eigenvalue weighted by atomic mass is 32.2. The van der Waals surface area contributed by atoms with Crippen molar-refractivity contribution < 1.29 is 23.1 Å². The normalized spacial score (nSPS) is 27.1. The minimum atomic E-state index is -3.37. The summed E-state index contributed by atoms with van der Waals surface area (Å²) in [5, 5.41) is 9.23. The molecule has 2 fully saturated rings. The van der Waals surface area contributed by atoms with Gasteiger partial charge in [-0.25, -0.2) is 8.42 Å². The van der Waals surface area contributed by atoms with E-state index in [2.05, 4.69) is 0 Å². The molecule has 0 spiro atoms. The predicted octanol–water partition coefficient (Wildman–Crippen LogP) is -0.732. The van der Waals surface area contributed by atoms with E-state index in [9.17, 15) is 18.3 Å². The van der Waals surface area contributed by atoms with Crippen LogP contribution in [0.2, 0.25) is 0 Å². The van der Waals surface area contributed by atoms with E-state index in [4.69, 9.17) is 4.74 Å². The van der Waals surface area contributed by atoms with Gasteiger partial charge < -0.3 is 14.7 Å². The van der Waals surface area contributed by atoms with Crippen molar-refractivity contribution in [3.8, 4) is 0 Å². The van der Waals surface area contributed by atoms with E-state index >= 15 is 0 Å². The molecule has 2 aliphatic rings. The highest BCUT2D eigenvalue weighted by Gasteiger charge is 2.30. The van der Waals surface area contributed by atoms with Crippen LogP contribution in [0.5, 0.6) is 0 Å². The first kappa shape index (κ1) is 16.7. The predicted molar refractivity (Wildman–Crippen MR) is 77.2 cm³/mol. The Morgan fingerprint density at radius 1 is 1.33 bits per heavy atom. The average Bonchev–Trinajstić information content (AvgIpc) is 2.44. The third-order valence-electron chi connectivity index (χ3n) is 4.11. The minimum absolute atomic E-state index is 0.00542. The summed E-state index contributed by atoms with van der Waals surface area (Å²) in [5.41, 5.74) is 0. The van der Waals surface area contributed by atoms with E-state index in [1.807, 2.05) is 0 Å². The van der Waals surface area contributed by atoms with Gasteiger partial charge in [-0.05, 0) is 18.8 Å². The van der Waals surface area contributed by atoms with Crippen molar-refractivity contribution in [2.24, 2.45) is 5.92 Å². The van der Waals surface area contributed by atoms with Crippen LogP contribution in [0.25, 0.3) is 0 Å². The average molecular weight is 320 g/mol. The Bertz CT molecular complexity index is 455. The molecular formula is C13H24N2O5S. The highest BCUT2D eigenvalue weighted by molar-refractivity contribution is 7.89. The second-order valence-electron chi connectivity index (χ2n) is 5.84. The maximum atomic E-state index is 12.1. The second-order valence-corrected chi connectivity index (χ2v) is 7.93. The van der Waals surface area contributed by atoms with Gasteiger partial charge in [0.05, 0.1) is 25.1 Å². The summed E-state index contributed by atoms with van der Waals surface area (Å²) >= 11 is 0. The number of hydrogen-bond donors (Lipinski definition) is 1. The third-order valence-corrected chi connectivity index (χ3v) is 5.98. The molecule has 0 radical (unpaired) electrons. The molecule has 0 aromatic rings. The summed E-state index contributed by atoms with van der Waals surface area (Å²) in [5.74, 6) is 0.0294. The smallest absolute Gasteiger partial charge is 0.223 e. The molecule has 8 heteroatoms. The van der Waals surface area contributed by atoms with Gasteiger partial charge in [0.1, 0.15) is 0 Å². The number of aliphatic hydroxyl groups is 1. The molecule has 1 aliphatic carbocycles. The van der Waals surface area contributed by atoms with Crippen molar-refractivity contribution in [1.29, 1.82) is 0 Å². The molecule has 0 unspecified atom stereocenters. The Balaban J connectivity index is 1.74. The number of morpholine rings is 1. The van der Waals surface area contributed by atoms with Crippen LogP contribution in [0.15, 0.2) is 0 Å². The number of rotatable bonds is 6.